The smallest absolute Gasteiger partial charge is 0.335 e. The van der Waals surface area contributed by atoms with Gasteiger partial charge >= 0.3 is 5.97 Å². The van der Waals surface area contributed by atoms with Crippen LogP contribution < -0.4 is 4.74 Å². The molecule has 1 N–H and O–H groups in total. The summed E-state index contributed by atoms with van der Waals surface area (Å²) in [6, 6.07) is 16.6. The van der Waals surface area contributed by atoms with Gasteiger partial charge in [0.2, 0.25) is 0 Å². The van der Waals surface area contributed by atoms with Gasteiger partial charge in [-0.3, -0.25) is 4.90 Å². The molecule has 1 aliphatic rings. The Balaban J connectivity index is 1.72. The van der Waals surface area contributed by atoms with Crippen molar-refractivity contribution in [1.82, 2.24) is 4.90 Å². The number of hydrogen-bond acceptors (Lipinski definition) is 5. The molecule has 4 rings (SSSR count). The van der Waals surface area contributed by atoms with E-state index in [2.05, 4.69) is 11.0 Å². The third kappa shape index (κ3) is 4.34. The lowest BCUT2D eigenvalue weighted by atomic mass is 10.1. The summed E-state index contributed by atoms with van der Waals surface area (Å²) in [5.41, 5.74) is 3.10. The third-order valence-electron chi connectivity index (χ3n) is 5.05. The largest absolute Gasteiger partial charge is 0.497 e. The van der Waals surface area contributed by atoms with Crippen LogP contribution in [0.15, 0.2) is 59.0 Å². The van der Waals surface area contributed by atoms with Crippen molar-refractivity contribution in [2.45, 2.75) is 6.54 Å². The summed E-state index contributed by atoms with van der Waals surface area (Å²) in [6.07, 6.45) is 0. The number of aromatic carboxylic acids is 1. The van der Waals surface area contributed by atoms with Crippen molar-refractivity contribution >= 4 is 5.97 Å². The molecule has 0 bridgehead atoms. The molecule has 2 heterocycles. The van der Waals surface area contributed by atoms with Crippen molar-refractivity contribution < 1.29 is 23.8 Å². The molecule has 6 heteroatoms. The Bertz CT molecular complexity index is 987. The highest BCUT2D eigenvalue weighted by atomic mass is 16.5. The van der Waals surface area contributed by atoms with Crippen LogP contribution in [0.3, 0.4) is 0 Å². The molecule has 0 atom stereocenters. The fourth-order valence-electron chi connectivity index (χ4n) is 3.47. The highest BCUT2D eigenvalue weighted by Gasteiger charge is 2.19. The Morgan fingerprint density at radius 1 is 1.07 bits per heavy atom. The van der Waals surface area contributed by atoms with Crippen LogP contribution in [-0.2, 0) is 11.3 Å². The zero-order chi connectivity index (χ0) is 20.2. The van der Waals surface area contributed by atoms with E-state index in [0.717, 1.165) is 66.8 Å². The van der Waals surface area contributed by atoms with Crippen molar-refractivity contribution in [2.24, 2.45) is 0 Å². The monoisotopic (exact) mass is 393 g/mol. The Hall–Kier alpha value is -3.09. The molecule has 29 heavy (non-hydrogen) atoms. The third-order valence-corrected chi connectivity index (χ3v) is 5.05. The van der Waals surface area contributed by atoms with Gasteiger partial charge in [0.05, 0.1) is 25.9 Å². The molecule has 1 fully saturated rings. The van der Waals surface area contributed by atoms with Gasteiger partial charge in [0.15, 0.2) is 0 Å². The zero-order valence-corrected chi connectivity index (χ0v) is 16.3. The maximum Gasteiger partial charge on any atom is 0.335 e. The minimum Gasteiger partial charge on any atom is -0.497 e. The van der Waals surface area contributed by atoms with Crippen LogP contribution in [0.25, 0.3) is 22.6 Å². The molecule has 1 saturated heterocycles. The Kier molecular flexibility index (Phi) is 5.64. The minimum absolute atomic E-state index is 0.253. The number of hydrogen-bond donors (Lipinski definition) is 1. The van der Waals surface area contributed by atoms with Gasteiger partial charge in [-0.05, 0) is 30.3 Å². The fraction of sp³-hybridized carbons (Fsp3) is 0.261. The van der Waals surface area contributed by atoms with Crippen LogP contribution in [0.5, 0.6) is 5.75 Å². The zero-order valence-electron chi connectivity index (χ0n) is 16.3. The summed E-state index contributed by atoms with van der Waals surface area (Å²) in [5.74, 6) is 1.33. The maximum atomic E-state index is 11.2. The second-order valence-corrected chi connectivity index (χ2v) is 6.97. The predicted octanol–water partition coefficient (Wildman–Crippen LogP) is 4.15. The number of benzene rings is 2. The number of carbonyl (C=O) groups is 1. The van der Waals surface area contributed by atoms with E-state index in [0.29, 0.717) is 0 Å². The molecule has 6 nitrogen and oxygen atoms in total. The first kappa shape index (κ1) is 19.2. The second-order valence-electron chi connectivity index (χ2n) is 6.97. The molecule has 0 unspecified atom stereocenters. The SMILES string of the molecule is COc1cccc(-c2cc(CN3CCOCC3)c(-c3ccc(C(=O)O)cc3)o2)c1. The van der Waals surface area contributed by atoms with Gasteiger partial charge in [-0.15, -0.1) is 0 Å². The summed E-state index contributed by atoms with van der Waals surface area (Å²) < 4.78 is 17.1. The Labute approximate surface area is 169 Å². The highest BCUT2D eigenvalue weighted by molar-refractivity contribution is 5.88. The Morgan fingerprint density at radius 2 is 1.83 bits per heavy atom. The normalized spacial score (nSPS) is 14.7. The number of furan rings is 1. The first-order valence-corrected chi connectivity index (χ1v) is 9.55. The molecule has 0 aliphatic carbocycles. The van der Waals surface area contributed by atoms with Crippen molar-refractivity contribution in [1.29, 1.82) is 0 Å². The summed E-state index contributed by atoms with van der Waals surface area (Å²) >= 11 is 0. The van der Waals surface area contributed by atoms with Crippen LogP contribution in [0, 0.1) is 0 Å². The fourth-order valence-corrected chi connectivity index (χ4v) is 3.47. The first-order chi connectivity index (χ1) is 14.1. The van der Waals surface area contributed by atoms with Gasteiger partial charge in [-0.2, -0.15) is 0 Å². The van der Waals surface area contributed by atoms with Crippen molar-refractivity contribution in [3.63, 3.8) is 0 Å². The van der Waals surface area contributed by atoms with E-state index >= 15 is 0 Å². The second kappa shape index (κ2) is 8.51. The molecular weight excluding hydrogens is 370 g/mol. The van der Waals surface area contributed by atoms with Gasteiger partial charge in [0, 0.05) is 36.3 Å². The van der Waals surface area contributed by atoms with E-state index in [1.807, 2.05) is 24.3 Å². The first-order valence-electron chi connectivity index (χ1n) is 9.55. The maximum absolute atomic E-state index is 11.2. The number of ether oxygens (including phenoxy) is 2. The van der Waals surface area contributed by atoms with Gasteiger partial charge in [0.1, 0.15) is 17.3 Å². The number of carboxylic acids is 1. The van der Waals surface area contributed by atoms with Gasteiger partial charge < -0.3 is 19.0 Å². The molecule has 1 aromatic heterocycles. The van der Waals surface area contributed by atoms with E-state index in [1.165, 1.54) is 0 Å². The van der Waals surface area contributed by atoms with E-state index in [-0.39, 0.29) is 5.56 Å². The summed E-state index contributed by atoms with van der Waals surface area (Å²) in [5, 5.41) is 9.17. The van der Waals surface area contributed by atoms with E-state index in [4.69, 9.17) is 19.0 Å². The summed E-state index contributed by atoms with van der Waals surface area (Å²) in [7, 11) is 1.64. The standard InChI is InChI=1S/C23H23NO5/c1-27-20-4-2-3-18(13-20)21-14-19(15-24-9-11-28-12-10-24)22(29-21)16-5-7-17(8-6-16)23(25)26/h2-8,13-14H,9-12,15H2,1H3,(H,25,26). The average molecular weight is 393 g/mol. The lowest BCUT2D eigenvalue weighted by Gasteiger charge is -2.26. The van der Waals surface area contributed by atoms with Gasteiger partial charge in [0.25, 0.3) is 0 Å². The van der Waals surface area contributed by atoms with Crippen molar-refractivity contribution in [3.05, 3.63) is 65.7 Å². The van der Waals surface area contributed by atoms with E-state index < -0.39 is 5.97 Å². The molecule has 150 valence electrons. The van der Waals surface area contributed by atoms with E-state index in [1.54, 1.807) is 31.4 Å². The van der Waals surface area contributed by atoms with Crippen LogP contribution in [0.4, 0.5) is 0 Å². The quantitative estimate of drug-likeness (QED) is 0.678. The van der Waals surface area contributed by atoms with E-state index in [9.17, 15) is 4.79 Å². The van der Waals surface area contributed by atoms with Crippen LogP contribution in [-0.4, -0.2) is 49.4 Å². The van der Waals surface area contributed by atoms with Crippen molar-refractivity contribution in [3.8, 4) is 28.4 Å². The topological polar surface area (TPSA) is 72.1 Å². The molecule has 0 amide bonds. The lowest BCUT2D eigenvalue weighted by molar-refractivity contribution is 0.0342. The molecule has 0 saturated carbocycles. The summed E-state index contributed by atoms with van der Waals surface area (Å²) in [4.78, 5) is 13.5. The average Bonchev–Trinajstić information content (AvgIpc) is 3.18. The van der Waals surface area contributed by atoms with Crippen molar-refractivity contribution in [2.75, 3.05) is 33.4 Å². The number of morpholine rings is 1. The van der Waals surface area contributed by atoms with Crippen LogP contribution in [0.1, 0.15) is 15.9 Å². The predicted molar refractivity (Wildman–Crippen MR) is 109 cm³/mol. The minimum atomic E-state index is -0.943. The summed E-state index contributed by atoms with van der Waals surface area (Å²) in [6.45, 7) is 3.94. The van der Waals surface area contributed by atoms with Gasteiger partial charge in [-0.1, -0.05) is 24.3 Å². The molecular formula is C23H23NO5. The number of nitrogens with zero attached hydrogens (tertiary/aromatic N) is 1. The molecule has 3 aromatic rings. The highest BCUT2D eigenvalue weighted by Crippen LogP contribution is 2.35. The number of rotatable bonds is 6. The Morgan fingerprint density at radius 3 is 2.52 bits per heavy atom. The molecule has 2 aromatic carbocycles. The molecule has 0 spiro atoms. The number of carboxylic acid groups (broad SMARTS) is 1. The molecule has 0 radical (unpaired) electrons. The number of methoxy groups -OCH3 is 1. The van der Waals surface area contributed by atoms with Gasteiger partial charge in [-0.25, -0.2) is 4.79 Å². The molecule has 1 aliphatic heterocycles. The van der Waals surface area contributed by atoms with Crippen LogP contribution in [0.2, 0.25) is 0 Å². The van der Waals surface area contributed by atoms with Crippen LogP contribution >= 0.6 is 0 Å². The lowest BCUT2D eigenvalue weighted by Crippen LogP contribution is -2.35.